The van der Waals surface area contributed by atoms with Crippen molar-refractivity contribution >= 4 is 11.7 Å². The van der Waals surface area contributed by atoms with E-state index in [1.807, 2.05) is 0 Å². The van der Waals surface area contributed by atoms with Crippen LogP contribution in [0, 0.1) is 17.3 Å². The van der Waals surface area contributed by atoms with Crippen molar-refractivity contribution in [2.24, 2.45) is 22.4 Å². The van der Waals surface area contributed by atoms with E-state index in [0.717, 1.165) is 0 Å². The first-order valence-corrected chi connectivity index (χ1v) is 3.98. The second-order valence-corrected chi connectivity index (χ2v) is 3.99. The van der Waals surface area contributed by atoms with E-state index in [4.69, 9.17) is 9.94 Å². The molecule has 4 nitrogen and oxygen atoms in total. The van der Waals surface area contributed by atoms with Crippen molar-refractivity contribution in [1.82, 2.24) is 0 Å². The lowest BCUT2D eigenvalue weighted by Crippen LogP contribution is -2.26. The topological polar surface area (TPSA) is 58.9 Å². The molecular formula is C8H11NO3. The molecule has 0 bridgehead atoms. The predicted molar refractivity (Wildman–Crippen MR) is 40.9 cm³/mol. The molecule has 1 saturated carbocycles. The Morgan fingerprint density at radius 2 is 2.33 bits per heavy atom. The molecule has 0 aromatic heterocycles. The molecule has 0 spiro atoms. The molecule has 1 unspecified atom stereocenters. The number of cyclic esters (lactones) is 1. The highest BCUT2D eigenvalue weighted by molar-refractivity contribution is 6.38. The third-order valence-corrected chi connectivity index (χ3v) is 3.06. The number of hydrogen-bond acceptors (Lipinski definition) is 4. The molecule has 1 aliphatic carbocycles. The number of nitrogens with zero attached hydrogens (tertiary/aromatic N) is 1. The van der Waals surface area contributed by atoms with Crippen molar-refractivity contribution in [3.8, 4) is 0 Å². The van der Waals surface area contributed by atoms with Gasteiger partial charge in [-0.3, -0.25) is 0 Å². The van der Waals surface area contributed by atoms with E-state index in [9.17, 15) is 4.79 Å². The van der Waals surface area contributed by atoms with Gasteiger partial charge in [0.15, 0.2) is 5.71 Å². The number of hydrogen-bond donors (Lipinski definition) is 1. The summed E-state index contributed by atoms with van der Waals surface area (Å²) in [7, 11) is 0. The van der Waals surface area contributed by atoms with Gasteiger partial charge in [-0.15, -0.1) is 0 Å². The van der Waals surface area contributed by atoms with Gasteiger partial charge in [-0.25, -0.2) is 4.79 Å². The van der Waals surface area contributed by atoms with Crippen LogP contribution < -0.4 is 0 Å². The summed E-state index contributed by atoms with van der Waals surface area (Å²) in [4.78, 5) is 11.0. The van der Waals surface area contributed by atoms with Crippen molar-refractivity contribution in [2.45, 2.75) is 13.8 Å². The predicted octanol–water partition coefficient (Wildman–Crippen LogP) is 0.646. The monoisotopic (exact) mass is 169 g/mol. The van der Waals surface area contributed by atoms with Gasteiger partial charge in [-0.05, 0) is 5.41 Å². The lowest BCUT2D eigenvalue weighted by Gasteiger charge is -2.09. The molecule has 2 aliphatic rings. The Hall–Kier alpha value is -1.06. The van der Waals surface area contributed by atoms with Crippen LogP contribution in [0.15, 0.2) is 5.16 Å². The van der Waals surface area contributed by atoms with E-state index in [2.05, 4.69) is 19.0 Å². The Morgan fingerprint density at radius 3 is 2.83 bits per heavy atom. The second-order valence-electron chi connectivity index (χ2n) is 3.99. The number of carbonyl (C=O) groups excluding carboxylic acids is 1. The van der Waals surface area contributed by atoms with Crippen molar-refractivity contribution < 1.29 is 14.7 Å². The number of oxime groups is 1. The maximum absolute atomic E-state index is 11.0. The first-order valence-electron chi connectivity index (χ1n) is 3.98. The maximum atomic E-state index is 11.0. The smallest absolute Gasteiger partial charge is 0.356 e. The van der Waals surface area contributed by atoms with Crippen LogP contribution in [0.25, 0.3) is 0 Å². The Labute approximate surface area is 70.2 Å². The van der Waals surface area contributed by atoms with Crippen molar-refractivity contribution in [3.05, 3.63) is 0 Å². The Kier molecular flexibility index (Phi) is 1.26. The molecule has 1 N–H and O–H groups in total. The van der Waals surface area contributed by atoms with Gasteiger partial charge in [0.1, 0.15) is 0 Å². The minimum Gasteiger partial charge on any atom is -0.461 e. The molecule has 4 heteroatoms. The molecule has 66 valence electrons. The van der Waals surface area contributed by atoms with Crippen LogP contribution in [0.5, 0.6) is 0 Å². The highest BCUT2D eigenvalue weighted by atomic mass is 16.5. The second kappa shape index (κ2) is 2.00. The van der Waals surface area contributed by atoms with E-state index in [1.54, 1.807) is 0 Å². The van der Waals surface area contributed by atoms with Gasteiger partial charge >= 0.3 is 5.97 Å². The van der Waals surface area contributed by atoms with Crippen molar-refractivity contribution in [1.29, 1.82) is 0 Å². The molecule has 2 rings (SSSR count). The summed E-state index contributed by atoms with van der Waals surface area (Å²) in [6.07, 6.45) is 0. The van der Waals surface area contributed by atoms with Crippen molar-refractivity contribution in [3.63, 3.8) is 0 Å². The first-order chi connectivity index (χ1) is 5.59. The van der Waals surface area contributed by atoms with Gasteiger partial charge in [0, 0.05) is 11.8 Å². The average molecular weight is 169 g/mol. The maximum Gasteiger partial charge on any atom is 0.356 e. The standard InChI is InChI=1S/C8H11NO3/c1-8(2)4-3-12-7(10)6(9-11)5(4)8/h4-5,11H,3H2,1-2H3/b9-6-/t4-,5?/m0/s1. The van der Waals surface area contributed by atoms with E-state index in [-0.39, 0.29) is 17.0 Å². The zero-order valence-corrected chi connectivity index (χ0v) is 7.07. The molecule has 12 heavy (non-hydrogen) atoms. The zero-order valence-electron chi connectivity index (χ0n) is 7.07. The van der Waals surface area contributed by atoms with Gasteiger partial charge in [-0.2, -0.15) is 0 Å². The summed E-state index contributed by atoms with van der Waals surface area (Å²) < 4.78 is 4.84. The quantitative estimate of drug-likeness (QED) is 0.329. The molecule has 0 aromatic rings. The lowest BCUT2D eigenvalue weighted by molar-refractivity contribution is -0.137. The molecule has 0 amide bonds. The summed E-state index contributed by atoms with van der Waals surface area (Å²) in [6.45, 7) is 4.57. The highest BCUT2D eigenvalue weighted by Gasteiger charge is 2.64. The van der Waals surface area contributed by atoms with E-state index < -0.39 is 5.97 Å². The minimum atomic E-state index is -0.468. The summed E-state index contributed by atoms with van der Waals surface area (Å²) in [6, 6.07) is 0. The summed E-state index contributed by atoms with van der Waals surface area (Å²) >= 11 is 0. The fourth-order valence-electron chi connectivity index (χ4n) is 2.07. The van der Waals surface area contributed by atoms with E-state index in [0.29, 0.717) is 12.5 Å². The van der Waals surface area contributed by atoms with Gasteiger partial charge in [0.2, 0.25) is 0 Å². The van der Waals surface area contributed by atoms with Crippen LogP contribution in [0.4, 0.5) is 0 Å². The fraction of sp³-hybridized carbons (Fsp3) is 0.750. The average Bonchev–Trinajstić information content (AvgIpc) is 2.55. The Bertz CT molecular complexity index is 269. The van der Waals surface area contributed by atoms with Crippen LogP contribution in [-0.4, -0.2) is 23.5 Å². The van der Waals surface area contributed by atoms with Gasteiger partial charge < -0.3 is 9.94 Å². The van der Waals surface area contributed by atoms with E-state index in [1.165, 1.54) is 0 Å². The molecule has 1 heterocycles. The Morgan fingerprint density at radius 1 is 1.67 bits per heavy atom. The Balaban J connectivity index is 2.29. The number of rotatable bonds is 0. The first kappa shape index (κ1) is 7.58. The highest BCUT2D eigenvalue weighted by Crippen LogP contribution is 2.60. The molecule has 1 saturated heterocycles. The molecule has 0 aromatic carbocycles. The van der Waals surface area contributed by atoms with Gasteiger partial charge in [-0.1, -0.05) is 19.0 Å². The third-order valence-electron chi connectivity index (χ3n) is 3.06. The molecule has 2 fully saturated rings. The van der Waals surface area contributed by atoms with Crippen LogP contribution in [0.2, 0.25) is 0 Å². The summed E-state index contributed by atoms with van der Waals surface area (Å²) in [5, 5.41) is 11.6. The third kappa shape index (κ3) is 0.722. The molecular weight excluding hydrogens is 158 g/mol. The summed E-state index contributed by atoms with van der Waals surface area (Å²) in [5.41, 5.74) is 0.254. The van der Waals surface area contributed by atoms with Crippen molar-refractivity contribution in [2.75, 3.05) is 6.61 Å². The normalized spacial score (nSPS) is 40.5. The number of esters is 1. The van der Waals surface area contributed by atoms with E-state index >= 15 is 0 Å². The van der Waals surface area contributed by atoms with Crippen LogP contribution in [-0.2, 0) is 9.53 Å². The van der Waals surface area contributed by atoms with Crippen LogP contribution in [0.3, 0.4) is 0 Å². The van der Waals surface area contributed by atoms with Crippen LogP contribution >= 0.6 is 0 Å². The summed E-state index contributed by atoms with van der Waals surface area (Å²) in [5.74, 6) is -0.0193. The fourth-order valence-corrected chi connectivity index (χ4v) is 2.07. The van der Waals surface area contributed by atoms with Gasteiger partial charge in [0.25, 0.3) is 0 Å². The number of carbonyl (C=O) groups is 1. The lowest BCUT2D eigenvalue weighted by atomic mass is 10.1. The molecule has 1 aliphatic heterocycles. The molecule has 2 atom stereocenters. The number of fused-ring (bicyclic) bond motifs is 1. The van der Waals surface area contributed by atoms with Gasteiger partial charge in [0.05, 0.1) is 6.61 Å². The number of ether oxygens (including phenoxy) is 1. The SMILES string of the molecule is CC1(C)C2/C(=N/O)C(=O)OC[C@@H]21. The molecule has 0 radical (unpaired) electrons. The zero-order chi connectivity index (χ0) is 8.93. The minimum absolute atomic E-state index is 0.0632. The largest absolute Gasteiger partial charge is 0.461 e. The van der Waals surface area contributed by atoms with Crippen LogP contribution in [0.1, 0.15) is 13.8 Å².